The van der Waals surface area contributed by atoms with Crippen LogP contribution >= 0.6 is 11.3 Å². The van der Waals surface area contributed by atoms with Gasteiger partial charge in [-0.1, -0.05) is 33.8 Å². The van der Waals surface area contributed by atoms with Crippen LogP contribution in [0.2, 0.25) is 0 Å². The van der Waals surface area contributed by atoms with Crippen LogP contribution < -0.4 is 5.32 Å². The highest BCUT2D eigenvalue weighted by Gasteiger charge is 2.30. The first kappa shape index (κ1) is 14.6. The van der Waals surface area contributed by atoms with Gasteiger partial charge in [0.05, 0.1) is 0 Å². The van der Waals surface area contributed by atoms with Gasteiger partial charge in [-0.05, 0) is 43.6 Å². The third kappa shape index (κ3) is 3.22. The van der Waals surface area contributed by atoms with Gasteiger partial charge < -0.3 is 5.32 Å². The van der Waals surface area contributed by atoms with Crippen LogP contribution in [-0.4, -0.2) is 6.54 Å². The van der Waals surface area contributed by atoms with Gasteiger partial charge in [0.2, 0.25) is 0 Å². The molecule has 106 valence electrons. The van der Waals surface area contributed by atoms with E-state index in [1.165, 1.54) is 42.5 Å². The van der Waals surface area contributed by atoms with Crippen molar-refractivity contribution in [3.63, 3.8) is 0 Å². The molecule has 0 bridgehead atoms. The summed E-state index contributed by atoms with van der Waals surface area (Å²) >= 11 is 1.98. The number of fused-ring (bicyclic) bond motifs is 1. The molecule has 1 N–H and O–H groups in total. The van der Waals surface area contributed by atoms with Crippen molar-refractivity contribution in [2.75, 3.05) is 6.54 Å². The fourth-order valence-corrected chi connectivity index (χ4v) is 4.18. The molecule has 0 saturated heterocycles. The van der Waals surface area contributed by atoms with Gasteiger partial charge in [0.1, 0.15) is 0 Å². The molecule has 1 aromatic rings. The van der Waals surface area contributed by atoms with E-state index in [0.717, 1.165) is 12.2 Å². The maximum Gasteiger partial charge on any atom is 0.0354 e. The quantitative estimate of drug-likeness (QED) is 0.752. The van der Waals surface area contributed by atoms with E-state index in [2.05, 4.69) is 39.6 Å². The molecule has 2 heteroatoms. The Morgan fingerprint density at radius 2 is 2.16 bits per heavy atom. The molecule has 0 amide bonds. The molecule has 0 saturated carbocycles. The molecule has 0 spiro atoms. The third-order valence-electron chi connectivity index (χ3n) is 4.12. The molecule has 0 fully saturated rings. The van der Waals surface area contributed by atoms with Crippen molar-refractivity contribution in [1.29, 1.82) is 0 Å². The normalized spacial score (nSPS) is 17.1. The van der Waals surface area contributed by atoms with Gasteiger partial charge in [-0.25, -0.2) is 0 Å². The zero-order valence-corrected chi connectivity index (χ0v) is 13.7. The zero-order chi connectivity index (χ0) is 14.0. The first-order valence-electron chi connectivity index (χ1n) is 7.49. The summed E-state index contributed by atoms with van der Waals surface area (Å²) in [7, 11) is 0. The van der Waals surface area contributed by atoms with Crippen molar-refractivity contribution in [2.24, 2.45) is 5.41 Å². The molecular formula is C17H27NS. The summed E-state index contributed by atoms with van der Waals surface area (Å²) in [6, 6.07) is 0. The molecule has 1 heterocycles. The molecule has 1 aliphatic carbocycles. The predicted octanol–water partition coefficient (Wildman–Crippen LogP) is 4.93. The van der Waals surface area contributed by atoms with Crippen LogP contribution in [0.25, 0.3) is 5.70 Å². The molecule has 1 aromatic heterocycles. The molecule has 0 aromatic carbocycles. The topological polar surface area (TPSA) is 12.0 Å². The lowest BCUT2D eigenvalue weighted by Gasteiger charge is -2.30. The van der Waals surface area contributed by atoms with Crippen molar-refractivity contribution in [3.8, 4) is 0 Å². The van der Waals surface area contributed by atoms with Gasteiger partial charge in [0, 0.05) is 27.6 Å². The summed E-state index contributed by atoms with van der Waals surface area (Å²) in [6.07, 6.45) is 6.21. The summed E-state index contributed by atoms with van der Waals surface area (Å²) in [5.74, 6) is 0. The SMILES string of the molecule is C=C(NCCCC)c1c(C)sc2c1CC(C)(C)CC2. The number of nitrogens with one attached hydrogen (secondary N) is 1. The Bertz CT molecular complexity index is 468. The second kappa shape index (κ2) is 5.70. The zero-order valence-electron chi connectivity index (χ0n) is 12.9. The van der Waals surface area contributed by atoms with E-state index < -0.39 is 0 Å². The van der Waals surface area contributed by atoms with Gasteiger partial charge in [0.15, 0.2) is 0 Å². The van der Waals surface area contributed by atoms with Crippen LogP contribution in [0.5, 0.6) is 0 Å². The summed E-state index contributed by atoms with van der Waals surface area (Å²) in [5.41, 5.74) is 4.58. The van der Waals surface area contributed by atoms with Crippen molar-refractivity contribution in [3.05, 3.63) is 27.5 Å². The van der Waals surface area contributed by atoms with E-state index in [1.807, 2.05) is 11.3 Å². The first-order valence-corrected chi connectivity index (χ1v) is 8.30. The number of unbranched alkanes of at least 4 members (excludes halogenated alkanes) is 1. The Morgan fingerprint density at radius 1 is 1.42 bits per heavy atom. The maximum absolute atomic E-state index is 4.28. The average Bonchev–Trinajstić information content (AvgIpc) is 2.63. The fraction of sp³-hybridized carbons (Fsp3) is 0.647. The van der Waals surface area contributed by atoms with Crippen LogP contribution in [0.1, 0.15) is 60.9 Å². The monoisotopic (exact) mass is 277 g/mol. The van der Waals surface area contributed by atoms with E-state index in [4.69, 9.17) is 0 Å². The number of thiophene rings is 1. The lowest BCUT2D eigenvalue weighted by molar-refractivity contribution is 0.317. The maximum atomic E-state index is 4.28. The number of rotatable bonds is 5. The van der Waals surface area contributed by atoms with Crippen molar-refractivity contribution in [1.82, 2.24) is 5.32 Å². The minimum atomic E-state index is 0.443. The highest BCUT2D eigenvalue weighted by Crippen LogP contribution is 2.42. The van der Waals surface area contributed by atoms with E-state index in [9.17, 15) is 0 Å². The Kier molecular flexibility index (Phi) is 4.39. The summed E-state index contributed by atoms with van der Waals surface area (Å²) in [4.78, 5) is 3.04. The highest BCUT2D eigenvalue weighted by atomic mass is 32.1. The van der Waals surface area contributed by atoms with Crippen molar-refractivity contribution < 1.29 is 0 Å². The van der Waals surface area contributed by atoms with Gasteiger partial charge in [-0.15, -0.1) is 11.3 Å². The number of hydrogen-bond acceptors (Lipinski definition) is 2. The van der Waals surface area contributed by atoms with Crippen LogP contribution in [0.4, 0.5) is 0 Å². The van der Waals surface area contributed by atoms with Gasteiger partial charge >= 0.3 is 0 Å². The number of hydrogen-bond donors (Lipinski definition) is 1. The smallest absolute Gasteiger partial charge is 0.0354 e. The number of aryl methyl sites for hydroxylation is 2. The Balaban J connectivity index is 2.21. The van der Waals surface area contributed by atoms with E-state index in [-0.39, 0.29) is 0 Å². The van der Waals surface area contributed by atoms with Crippen LogP contribution in [0, 0.1) is 12.3 Å². The van der Waals surface area contributed by atoms with Gasteiger partial charge in [-0.3, -0.25) is 0 Å². The second-order valence-electron chi connectivity index (χ2n) is 6.53. The van der Waals surface area contributed by atoms with Crippen molar-refractivity contribution >= 4 is 17.0 Å². The Hall–Kier alpha value is -0.760. The van der Waals surface area contributed by atoms with E-state index >= 15 is 0 Å². The molecule has 0 radical (unpaired) electrons. The second-order valence-corrected chi connectivity index (χ2v) is 7.84. The summed E-state index contributed by atoms with van der Waals surface area (Å²) in [5, 5.41) is 3.52. The summed E-state index contributed by atoms with van der Waals surface area (Å²) < 4.78 is 0. The third-order valence-corrected chi connectivity index (χ3v) is 5.33. The largest absolute Gasteiger partial charge is 0.385 e. The van der Waals surface area contributed by atoms with Crippen LogP contribution in [0.3, 0.4) is 0 Å². The Morgan fingerprint density at radius 3 is 2.84 bits per heavy atom. The molecular weight excluding hydrogens is 250 g/mol. The van der Waals surface area contributed by atoms with E-state index in [0.29, 0.717) is 5.41 Å². The molecule has 0 atom stereocenters. The molecule has 1 aliphatic rings. The van der Waals surface area contributed by atoms with Gasteiger partial charge in [0.25, 0.3) is 0 Å². The molecule has 19 heavy (non-hydrogen) atoms. The molecule has 0 unspecified atom stereocenters. The fourth-order valence-electron chi connectivity index (χ4n) is 2.96. The highest BCUT2D eigenvalue weighted by molar-refractivity contribution is 7.12. The van der Waals surface area contributed by atoms with E-state index in [1.54, 1.807) is 10.4 Å². The first-order chi connectivity index (χ1) is 8.94. The molecule has 2 rings (SSSR count). The lowest BCUT2D eigenvalue weighted by Crippen LogP contribution is -2.22. The van der Waals surface area contributed by atoms with Crippen LogP contribution in [-0.2, 0) is 12.8 Å². The summed E-state index contributed by atoms with van der Waals surface area (Å²) in [6.45, 7) is 14.6. The van der Waals surface area contributed by atoms with Crippen LogP contribution in [0.15, 0.2) is 6.58 Å². The lowest BCUT2D eigenvalue weighted by atomic mass is 9.75. The van der Waals surface area contributed by atoms with Gasteiger partial charge in [-0.2, -0.15) is 0 Å². The average molecular weight is 277 g/mol. The standard InChI is InChI=1S/C17H27NS/c1-6-7-10-18-12(2)16-13(3)19-15-8-9-17(4,5)11-14(15)16/h18H,2,6-11H2,1,3-5H3. The van der Waals surface area contributed by atoms with Crippen molar-refractivity contribution in [2.45, 2.75) is 59.8 Å². The predicted molar refractivity (Wildman–Crippen MR) is 86.8 cm³/mol. The minimum Gasteiger partial charge on any atom is -0.385 e. The minimum absolute atomic E-state index is 0.443. The molecule has 1 nitrogen and oxygen atoms in total. The Labute approximate surface area is 122 Å². The molecule has 0 aliphatic heterocycles.